The predicted molar refractivity (Wildman–Crippen MR) is 107 cm³/mol. The number of fused-ring (bicyclic) bond motifs is 2. The molecule has 27 heavy (non-hydrogen) atoms. The first kappa shape index (κ1) is 18.3. The van der Waals surface area contributed by atoms with Gasteiger partial charge in [-0.1, -0.05) is 23.9 Å². The van der Waals surface area contributed by atoms with E-state index in [1.807, 2.05) is 48.5 Å². The Balaban J connectivity index is 1.37. The lowest BCUT2D eigenvalue weighted by Crippen LogP contribution is -2.47. The highest BCUT2D eigenvalue weighted by atomic mass is 32.2. The van der Waals surface area contributed by atoms with Gasteiger partial charge in [-0.2, -0.15) is 0 Å². The molecule has 2 aliphatic rings. The van der Waals surface area contributed by atoms with E-state index in [9.17, 15) is 9.59 Å². The second kappa shape index (κ2) is 7.87. The van der Waals surface area contributed by atoms with Crippen molar-refractivity contribution in [3.05, 3.63) is 59.7 Å². The van der Waals surface area contributed by atoms with Crippen LogP contribution in [0.1, 0.15) is 40.5 Å². The van der Waals surface area contributed by atoms with Crippen LogP contribution >= 0.6 is 11.8 Å². The number of piperidine rings is 1. The average Bonchev–Trinajstić information content (AvgIpc) is 3.01. The van der Waals surface area contributed by atoms with E-state index in [4.69, 9.17) is 0 Å². The first-order chi connectivity index (χ1) is 13.1. The molecule has 140 valence electrons. The molecule has 5 heteroatoms. The molecule has 1 amide bonds. The number of hydrogen-bond donors (Lipinski definition) is 1. The molecular weight excluding hydrogens is 356 g/mol. The van der Waals surface area contributed by atoms with Crippen molar-refractivity contribution in [1.29, 1.82) is 0 Å². The molecule has 2 aromatic rings. The fourth-order valence-electron chi connectivity index (χ4n) is 4.02. The van der Waals surface area contributed by atoms with Crippen LogP contribution in [0.25, 0.3) is 0 Å². The van der Waals surface area contributed by atoms with Gasteiger partial charge >= 0.3 is 0 Å². The minimum absolute atomic E-state index is 0.0117. The van der Waals surface area contributed by atoms with Crippen LogP contribution < -0.4 is 5.32 Å². The number of benzene rings is 2. The first-order valence-corrected chi connectivity index (χ1v) is 10.3. The maximum absolute atomic E-state index is 12.6. The van der Waals surface area contributed by atoms with Gasteiger partial charge in [0.15, 0.2) is 5.78 Å². The summed E-state index contributed by atoms with van der Waals surface area (Å²) >= 11 is 1.59. The lowest BCUT2D eigenvalue weighted by atomic mass is 9.96. The molecule has 4 rings (SSSR count). The fraction of sp³-hybridized carbons (Fsp3) is 0.364. The maximum Gasteiger partial charge on any atom is 0.251 e. The number of hydrogen-bond acceptors (Lipinski definition) is 4. The van der Waals surface area contributed by atoms with Gasteiger partial charge in [-0.25, -0.2) is 0 Å². The molecule has 2 heterocycles. The minimum atomic E-state index is 0.0117. The molecule has 2 bridgehead atoms. The van der Waals surface area contributed by atoms with E-state index >= 15 is 0 Å². The molecule has 2 aliphatic heterocycles. The molecule has 3 atom stereocenters. The number of rotatable bonds is 5. The SMILES string of the molecule is CC(=O)c1cccc(Sc2ccc(C(=O)N[C@@H]3C[C@@H]4CCN(C4)C3)cc2)c1. The maximum atomic E-state index is 12.6. The van der Waals surface area contributed by atoms with Crippen molar-refractivity contribution in [2.24, 2.45) is 5.92 Å². The summed E-state index contributed by atoms with van der Waals surface area (Å²) in [6.45, 7) is 4.92. The van der Waals surface area contributed by atoms with E-state index in [1.165, 1.54) is 19.5 Å². The molecule has 0 radical (unpaired) electrons. The van der Waals surface area contributed by atoms with Crippen molar-refractivity contribution >= 4 is 23.5 Å². The molecule has 0 aliphatic carbocycles. The lowest BCUT2D eigenvalue weighted by Gasteiger charge is -2.30. The molecule has 2 fully saturated rings. The molecule has 2 aromatic carbocycles. The van der Waals surface area contributed by atoms with Crippen molar-refractivity contribution in [2.75, 3.05) is 19.6 Å². The zero-order valence-electron chi connectivity index (χ0n) is 15.5. The highest BCUT2D eigenvalue weighted by Crippen LogP contribution is 2.29. The van der Waals surface area contributed by atoms with Crippen LogP contribution in [0, 0.1) is 5.92 Å². The topological polar surface area (TPSA) is 49.4 Å². The lowest BCUT2D eigenvalue weighted by molar-refractivity contribution is 0.0908. The quantitative estimate of drug-likeness (QED) is 0.800. The van der Waals surface area contributed by atoms with E-state index < -0.39 is 0 Å². The molecule has 1 N–H and O–H groups in total. The highest BCUT2D eigenvalue weighted by Gasteiger charge is 2.32. The van der Waals surface area contributed by atoms with Crippen molar-refractivity contribution in [3.8, 4) is 0 Å². The van der Waals surface area contributed by atoms with Crippen LogP contribution in [-0.4, -0.2) is 42.3 Å². The number of Topliss-reactive ketones (excluding diaryl/α,β-unsaturated/α-hetero) is 1. The minimum Gasteiger partial charge on any atom is -0.348 e. The summed E-state index contributed by atoms with van der Waals surface area (Å²) in [5.74, 6) is 0.822. The molecular formula is C22H24N2O2S. The largest absolute Gasteiger partial charge is 0.348 e. The third-order valence-electron chi connectivity index (χ3n) is 5.39. The Morgan fingerprint density at radius 3 is 2.59 bits per heavy atom. The van der Waals surface area contributed by atoms with Gasteiger partial charge in [0.05, 0.1) is 0 Å². The van der Waals surface area contributed by atoms with Crippen molar-refractivity contribution in [3.63, 3.8) is 0 Å². The molecule has 0 spiro atoms. The summed E-state index contributed by atoms with van der Waals surface area (Å²) in [7, 11) is 0. The number of nitrogens with zero attached hydrogens (tertiary/aromatic N) is 1. The smallest absolute Gasteiger partial charge is 0.251 e. The number of nitrogens with one attached hydrogen (secondary N) is 1. The summed E-state index contributed by atoms with van der Waals surface area (Å²) in [6.07, 6.45) is 2.37. The van der Waals surface area contributed by atoms with Crippen LogP contribution in [0.5, 0.6) is 0 Å². The molecule has 0 aromatic heterocycles. The Morgan fingerprint density at radius 1 is 1.04 bits per heavy atom. The third kappa shape index (κ3) is 4.42. The Bertz CT molecular complexity index is 838. The number of amides is 1. The van der Waals surface area contributed by atoms with Gasteiger partial charge in [-0.3, -0.25) is 9.59 Å². The van der Waals surface area contributed by atoms with Crippen LogP contribution in [0.4, 0.5) is 0 Å². The second-order valence-corrected chi connectivity index (χ2v) is 8.68. The second-order valence-electron chi connectivity index (χ2n) is 7.53. The van der Waals surface area contributed by atoms with Crippen LogP contribution in [0.2, 0.25) is 0 Å². The summed E-state index contributed by atoms with van der Waals surface area (Å²) in [5.41, 5.74) is 1.41. The van der Waals surface area contributed by atoms with Crippen molar-refractivity contribution in [2.45, 2.75) is 35.6 Å². The monoisotopic (exact) mass is 380 g/mol. The third-order valence-corrected chi connectivity index (χ3v) is 6.39. The summed E-state index contributed by atoms with van der Waals surface area (Å²) in [6, 6.07) is 15.6. The Labute approximate surface area is 164 Å². The van der Waals surface area contributed by atoms with E-state index in [0.29, 0.717) is 11.1 Å². The first-order valence-electron chi connectivity index (χ1n) is 9.49. The summed E-state index contributed by atoms with van der Waals surface area (Å²) < 4.78 is 0. The number of carbonyl (C=O) groups is 2. The van der Waals surface area contributed by atoms with E-state index in [-0.39, 0.29) is 17.7 Å². The van der Waals surface area contributed by atoms with E-state index in [2.05, 4.69) is 10.2 Å². The van der Waals surface area contributed by atoms with Gasteiger partial charge in [0.25, 0.3) is 5.91 Å². The Morgan fingerprint density at radius 2 is 1.85 bits per heavy atom. The van der Waals surface area contributed by atoms with Gasteiger partial charge in [0.2, 0.25) is 0 Å². The van der Waals surface area contributed by atoms with Gasteiger partial charge < -0.3 is 10.2 Å². The predicted octanol–water partition coefficient (Wildman–Crippen LogP) is 3.86. The van der Waals surface area contributed by atoms with Crippen molar-refractivity contribution < 1.29 is 9.59 Å². The van der Waals surface area contributed by atoms with E-state index in [1.54, 1.807) is 18.7 Å². The highest BCUT2D eigenvalue weighted by molar-refractivity contribution is 7.99. The van der Waals surface area contributed by atoms with Gasteiger partial charge in [0.1, 0.15) is 0 Å². The molecule has 1 unspecified atom stereocenters. The fourth-order valence-corrected chi connectivity index (χ4v) is 4.90. The normalized spacial score (nSPS) is 23.8. The molecule has 4 nitrogen and oxygen atoms in total. The zero-order valence-corrected chi connectivity index (χ0v) is 16.3. The average molecular weight is 381 g/mol. The Kier molecular flexibility index (Phi) is 5.32. The number of carbonyl (C=O) groups excluding carboxylic acids is 2. The van der Waals surface area contributed by atoms with Gasteiger partial charge in [0, 0.05) is 40.0 Å². The van der Waals surface area contributed by atoms with Crippen LogP contribution in [0.15, 0.2) is 58.3 Å². The standard InChI is InChI=1S/C22H24N2O2S/c1-15(25)18-3-2-4-21(12-18)27-20-7-5-17(6-8-20)22(26)23-19-11-16-9-10-24(13-16)14-19/h2-8,12,16,19H,9-11,13-14H2,1H3,(H,23,26)/t16-,19+/m0/s1. The van der Waals surface area contributed by atoms with E-state index in [0.717, 1.165) is 28.7 Å². The molecule has 0 saturated carbocycles. The van der Waals surface area contributed by atoms with Crippen LogP contribution in [-0.2, 0) is 0 Å². The summed E-state index contributed by atoms with van der Waals surface area (Å²) in [5, 5.41) is 3.20. The Hall–Kier alpha value is -2.11. The summed E-state index contributed by atoms with van der Waals surface area (Å²) in [4.78, 5) is 28.6. The van der Waals surface area contributed by atoms with Gasteiger partial charge in [-0.15, -0.1) is 0 Å². The number of ketones is 1. The van der Waals surface area contributed by atoms with Crippen LogP contribution in [0.3, 0.4) is 0 Å². The van der Waals surface area contributed by atoms with Gasteiger partial charge in [-0.05, 0) is 68.6 Å². The van der Waals surface area contributed by atoms with Crippen molar-refractivity contribution in [1.82, 2.24) is 10.2 Å². The zero-order chi connectivity index (χ0) is 18.8. The molecule has 2 saturated heterocycles.